The molecular formula is C18H17ClN4O2. The molecule has 3 heterocycles. The molecule has 6 nitrogen and oxygen atoms in total. The number of pyridine rings is 1. The molecule has 0 saturated heterocycles. The van der Waals surface area contributed by atoms with Gasteiger partial charge in [0.25, 0.3) is 5.91 Å². The second-order valence-corrected chi connectivity index (χ2v) is 6.46. The van der Waals surface area contributed by atoms with E-state index >= 15 is 0 Å². The van der Waals surface area contributed by atoms with E-state index in [4.69, 9.17) is 16.3 Å². The molecular weight excluding hydrogens is 340 g/mol. The summed E-state index contributed by atoms with van der Waals surface area (Å²) in [5.41, 5.74) is 3.21. The van der Waals surface area contributed by atoms with E-state index in [2.05, 4.69) is 15.0 Å². The van der Waals surface area contributed by atoms with Crippen LogP contribution in [0.3, 0.4) is 0 Å². The number of rotatable bonds is 2. The van der Waals surface area contributed by atoms with Gasteiger partial charge in [-0.25, -0.2) is 4.98 Å². The highest BCUT2D eigenvalue weighted by atomic mass is 35.5. The number of halogens is 1. The van der Waals surface area contributed by atoms with E-state index in [1.54, 1.807) is 24.3 Å². The first kappa shape index (κ1) is 16.1. The number of methoxy groups -OCH3 is 1. The zero-order valence-corrected chi connectivity index (χ0v) is 14.6. The quantitative estimate of drug-likeness (QED) is 0.762. The van der Waals surface area contributed by atoms with Gasteiger partial charge in [-0.2, -0.15) is 0 Å². The number of H-pyrrole nitrogens is 1. The van der Waals surface area contributed by atoms with Crippen molar-refractivity contribution in [2.24, 2.45) is 0 Å². The number of hydrogen-bond acceptors (Lipinski definition) is 4. The average molecular weight is 357 g/mol. The van der Waals surface area contributed by atoms with Crippen LogP contribution < -0.4 is 0 Å². The molecule has 1 aliphatic heterocycles. The van der Waals surface area contributed by atoms with Gasteiger partial charge in [0.15, 0.2) is 5.82 Å². The minimum atomic E-state index is -0.260. The Bertz CT molecular complexity index is 955. The minimum Gasteiger partial charge on any atom is -0.373 e. The van der Waals surface area contributed by atoms with E-state index in [-0.39, 0.29) is 23.9 Å². The van der Waals surface area contributed by atoms with Gasteiger partial charge in [0.05, 0.1) is 28.8 Å². The van der Waals surface area contributed by atoms with Crippen LogP contribution in [0.5, 0.6) is 0 Å². The van der Waals surface area contributed by atoms with Crippen LogP contribution >= 0.6 is 11.6 Å². The lowest BCUT2D eigenvalue weighted by molar-refractivity contribution is 0.0253. The number of aromatic nitrogens is 3. The van der Waals surface area contributed by atoms with Crippen molar-refractivity contribution in [1.29, 1.82) is 0 Å². The fourth-order valence-corrected chi connectivity index (χ4v) is 3.54. The summed E-state index contributed by atoms with van der Waals surface area (Å²) in [4.78, 5) is 26.7. The van der Waals surface area contributed by atoms with Gasteiger partial charge >= 0.3 is 0 Å². The van der Waals surface area contributed by atoms with Crippen molar-refractivity contribution >= 4 is 28.5 Å². The molecule has 25 heavy (non-hydrogen) atoms. The fraction of sp³-hybridized carbons (Fsp3) is 0.278. The van der Waals surface area contributed by atoms with Crippen molar-refractivity contribution < 1.29 is 9.53 Å². The SMILES string of the molecule is COC1CN(C(=O)c2nc3c(Cl)cccc3[nH]2)C(C)c2cccnc21. The molecule has 0 fully saturated rings. The number of para-hydroxylation sites is 1. The lowest BCUT2D eigenvalue weighted by Crippen LogP contribution is -2.42. The molecule has 2 atom stereocenters. The molecule has 2 aromatic heterocycles. The highest BCUT2D eigenvalue weighted by Gasteiger charge is 2.35. The third kappa shape index (κ3) is 2.58. The van der Waals surface area contributed by atoms with Crippen molar-refractivity contribution in [2.75, 3.05) is 13.7 Å². The minimum absolute atomic E-state index is 0.119. The summed E-state index contributed by atoms with van der Waals surface area (Å²) in [6.07, 6.45) is 1.49. The molecule has 0 saturated carbocycles. The van der Waals surface area contributed by atoms with Crippen LogP contribution in [0.1, 0.15) is 40.9 Å². The smallest absolute Gasteiger partial charge is 0.290 e. The molecule has 1 N–H and O–H groups in total. The number of nitrogens with one attached hydrogen (secondary N) is 1. The number of carbonyl (C=O) groups excluding carboxylic acids is 1. The Hall–Kier alpha value is -2.44. The number of aromatic amines is 1. The molecule has 0 aliphatic carbocycles. The molecule has 1 aromatic carbocycles. The number of nitrogens with zero attached hydrogens (tertiary/aromatic N) is 3. The molecule has 7 heteroatoms. The largest absolute Gasteiger partial charge is 0.373 e. The number of imidazole rings is 1. The Morgan fingerprint density at radius 2 is 2.20 bits per heavy atom. The van der Waals surface area contributed by atoms with E-state index in [1.165, 1.54) is 0 Å². The summed E-state index contributed by atoms with van der Waals surface area (Å²) < 4.78 is 5.55. The van der Waals surface area contributed by atoms with Gasteiger partial charge in [0.1, 0.15) is 11.6 Å². The number of fused-ring (bicyclic) bond motifs is 2. The van der Waals surface area contributed by atoms with Crippen LogP contribution in [-0.2, 0) is 4.74 Å². The Balaban J connectivity index is 1.73. The van der Waals surface area contributed by atoms with Crippen molar-refractivity contribution in [3.63, 3.8) is 0 Å². The predicted octanol–water partition coefficient (Wildman–Crippen LogP) is 3.52. The number of hydrogen-bond donors (Lipinski definition) is 1. The van der Waals surface area contributed by atoms with Crippen LogP contribution in [0.4, 0.5) is 0 Å². The summed E-state index contributed by atoms with van der Waals surface area (Å²) in [6, 6.07) is 9.16. The first-order valence-electron chi connectivity index (χ1n) is 8.03. The second-order valence-electron chi connectivity index (χ2n) is 6.06. The monoisotopic (exact) mass is 356 g/mol. The van der Waals surface area contributed by atoms with Gasteiger partial charge in [-0.05, 0) is 30.7 Å². The molecule has 0 spiro atoms. The lowest BCUT2D eigenvalue weighted by atomic mass is 9.96. The van der Waals surface area contributed by atoms with Crippen molar-refractivity contribution in [2.45, 2.75) is 19.1 Å². The molecule has 1 amide bonds. The lowest BCUT2D eigenvalue weighted by Gasteiger charge is -2.37. The summed E-state index contributed by atoms with van der Waals surface area (Å²) >= 11 is 6.17. The van der Waals surface area contributed by atoms with Gasteiger partial charge in [0, 0.05) is 13.3 Å². The Morgan fingerprint density at radius 3 is 2.96 bits per heavy atom. The van der Waals surface area contributed by atoms with Gasteiger partial charge < -0.3 is 14.6 Å². The zero-order chi connectivity index (χ0) is 17.6. The average Bonchev–Trinajstić information content (AvgIpc) is 3.07. The Labute approximate surface area is 149 Å². The third-order valence-corrected chi connectivity index (χ3v) is 4.97. The number of carbonyl (C=O) groups is 1. The van der Waals surface area contributed by atoms with Crippen molar-refractivity contribution in [3.8, 4) is 0 Å². The molecule has 4 rings (SSSR count). The van der Waals surface area contributed by atoms with E-state index < -0.39 is 0 Å². The summed E-state index contributed by atoms with van der Waals surface area (Å²) in [5.74, 6) is 0.0912. The third-order valence-electron chi connectivity index (χ3n) is 4.67. The van der Waals surface area contributed by atoms with Gasteiger partial charge in [-0.15, -0.1) is 0 Å². The maximum atomic E-state index is 13.1. The molecule has 3 aromatic rings. The first-order chi connectivity index (χ1) is 12.1. The Kier molecular flexibility index (Phi) is 3.94. The van der Waals surface area contributed by atoms with Crippen LogP contribution in [0, 0.1) is 0 Å². The normalized spacial score (nSPS) is 19.9. The summed E-state index contributed by atoms with van der Waals surface area (Å²) in [5, 5.41) is 0.517. The highest BCUT2D eigenvalue weighted by Crippen LogP contribution is 2.35. The van der Waals surface area contributed by atoms with Gasteiger partial charge in [-0.1, -0.05) is 23.7 Å². The van der Waals surface area contributed by atoms with Crippen LogP contribution in [-0.4, -0.2) is 39.4 Å². The fourth-order valence-electron chi connectivity index (χ4n) is 3.32. The van der Waals surface area contributed by atoms with Crippen molar-refractivity contribution in [1.82, 2.24) is 19.9 Å². The molecule has 1 aliphatic rings. The summed E-state index contributed by atoms with van der Waals surface area (Å²) in [7, 11) is 1.63. The molecule has 128 valence electrons. The number of benzene rings is 1. The van der Waals surface area contributed by atoms with Gasteiger partial charge in [0.2, 0.25) is 0 Å². The molecule has 0 bridgehead atoms. The van der Waals surface area contributed by atoms with E-state index in [0.29, 0.717) is 17.1 Å². The molecule has 2 unspecified atom stereocenters. The maximum Gasteiger partial charge on any atom is 0.290 e. The van der Waals surface area contributed by atoms with E-state index in [9.17, 15) is 4.79 Å². The second kappa shape index (κ2) is 6.13. The topological polar surface area (TPSA) is 71.1 Å². The maximum absolute atomic E-state index is 13.1. The number of amides is 1. The first-order valence-corrected chi connectivity index (χ1v) is 8.40. The standard InChI is InChI=1S/C18H17ClN4O2/c1-10-11-5-4-8-20-15(11)14(25-2)9-23(10)18(24)17-21-13-7-3-6-12(19)16(13)22-17/h3-8,10,14H,9H2,1-2H3,(H,21,22). The van der Waals surface area contributed by atoms with Gasteiger partial charge in [-0.3, -0.25) is 9.78 Å². The zero-order valence-electron chi connectivity index (χ0n) is 13.9. The van der Waals surface area contributed by atoms with E-state index in [1.807, 2.05) is 31.2 Å². The Morgan fingerprint density at radius 1 is 1.36 bits per heavy atom. The predicted molar refractivity (Wildman–Crippen MR) is 94.5 cm³/mol. The van der Waals surface area contributed by atoms with Crippen molar-refractivity contribution in [3.05, 3.63) is 58.6 Å². The van der Waals surface area contributed by atoms with Crippen LogP contribution in [0.25, 0.3) is 11.0 Å². The summed E-state index contributed by atoms with van der Waals surface area (Å²) in [6.45, 7) is 2.41. The van der Waals surface area contributed by atoms with Crippen LogP contribution in [0.15, 0.2) is 36.5 Å². The number of ether oxygens (including phenoxy) is 1. The highest BCUT2D eigenvalue weighted by molar-refractivity contribution is 6.35. The van der Waals surface area contributed by atoms with Crippen LogP contribution in [0.2, 0.25) is 5.02 Å². The van der Waals surface area contributed by atoms with E-state index in [0.717, 1.165) is 16.8 Å². The molecule has 0 radical (unpaired) electrons.